The largest absolute Gasteiger partial charge is 0.374 e. The van der Waals surface area contributed by atoms with Crippen LogP contribution in [0.3, 0.4) is 0 Å². The second-order valence-electron chi connectivity index (χ2n) is 4.73. The maximum Gasteiger partial charge on any atom is 0.288 e. The fourth-order valence-electron chi connectivity index (χ4n) is 2.38. The number of fused-ring (bicyclic) bond motifs is 1. The summed E-state index contributed by atoms with van der Waals surface area (Å²) in [6.07, 6.45) is 0. The molecular formula is C15H13F2NO2S2. The minimum absolute atomic E-state index is 0.260. The molecule has 116 valence electrons. The van der Waals surface area contributed by atoms with Crippen molar-refractivity contribution in [2.75, 3.05) is 6.61 Å². The van der Waals surface area contributed by atoms with Gasteiger partial charge in [0.15, 0.2) is 0 Å². The van der Waals surface area contributed by atoms with Crippen molar-refractivity contribution in [2.24, 2.45) is 0 Å². The van der Waals surface area contributed by atoms with Crippen LogP contribution in [0.4, 0.5) is 8.78 Å². The van der Waals surface area contributed by atoms with Crippen LogP contribution in [0.15, 0.2) is 40.6 Å². The van der Waals surface area contributed by atoms with E-state index in [0.717, 1.165) is 22.5 Å². The molecule has 0 spiro atoms. The van der Waals surface area contributed by atoms with Gasteiger partial charge in [-0.3, -0.25) is 4.79 Å². The highest BCUT2D eigenvalue weighted by atomic mass is 32.2. The van der Waals surface area contributed by atoms with Crippen molar-refractivity contribution in [1.29, 1.82) is 0 Å². The van der Waals surface area contributed by atoms with E-state index in [1.54, 1.807) is 11.4 Å². The number of halogens is 2. The summed E-state index contributed by atoms with van der Waals surface area (Å²) in [5.74, 6) is -2.89. The molecule has 0 bridgehead atoms. The summed E-state index contributed by atoms with van der Waals surface area (Å²) in [7, 11) is 0. The van der Waals surface area contributed by atoms with Gasteiger partial charge in [0.2, 0.25) is 0 Å². The Kier molecular flexibility index (Phi) is 4.75. The standard InChI is InChI=1S/C15H13F2NO2S2/c16-15(17)22-12-5-6-21-13(12)14(19)18-11-8-20-7-9-3-1-2-4-10(9)11/h1-6,11,15H,7-8H2,(H,18,19). The van der Waals surface area contributed by atoms with Crippen LogP contribution in [-0.4, -0.2) is 18.3 Å². The number of ether oxygens (including phenoxy) is 1. The van der Waals surface area contributed by atoms with Crippen LogP contribution in [-0.2, 0) is 11.3 Å². The van der Waals surface area contributed by atoms with E-state index in [4.69, 9.17) is 4.74 Å². The molecular weight excluding hydrogens is 328 g/mol. The van der Waals surface area contributed by atoms with Gasteiger partial charge in [-0.15, -0.1) is 11.3 Å². The maximum absolute atomic E-state index is 12.5. The molecule has 0 radical (unpaired) electrons. The lowest BCUT2D eigenvalue weighted by Crippen LogP contribution is -2.34. The average molecular weight is 341 g/mol. The van der Waals surface area contributed by atoms with E-state index in [9.17, 15) is 13.6 Å². The van der Waals surface area contributed by atoms with Crippen molar-refractivity contribution in [3.8, 4) is 0 Å². The van der Waals surface area contributed by atoms with Crippen LogP contribution < -0.4 is 5.32 Å². The Morgan fingerprint density at radius 2 is 2.18 bits per heavy atom. The van der Waals surface area contributed by atoms with Crippen LogP contribution in [0.1, 0.15) is 26.8 Å². The second-order valence-corrected chi connectivity index (χ2v) is 6.68. The van der Waals surface area contributed by atoms with Gasteiger partial charge in [0.1, 0.15) is 4.88 Å². The Morgan fingerprint density at radius 1 is 1.36 bits per heavy atom. The number of thiophene rings is 1. The highest BCUT2D eigenvalue weighted by molar-refractivity contribution is 7.99. The number of nitrogens with one attached hydrogen (secondary N) is 1. The normalized spacial score (nSPS) is 17.3. The Hall–Kier alpha value is -1.44. The summed E-state index contributed by atoms with van der Waals surface area (Å²) in [6, 6.07) is 9.02. The molecule has 0 fully saturated rings. The van der Waals surface area contributed by atoms with Crippen molar-refractivity contribution in [2.45, 2.75) is 23.3 Å². The summed E-state index contributed by atoms with van der Waals surface area (Å²) in [5.41, 5.74) is 2.05. The maximum atomic E-state index is 12.5. The molecule has 3 nitrogen and oxygen atoms in total. The van der Waals surface area contributed by atoms with Crippen molar-refractivity contribution in [1.82, 2.24) is 5.32 Å². The number of hydrogen-bond donors (Lipinski definition) is 1. The molecule has 0 saturated heterocycles. The quantitative estimate of drug-likeness (QED) is 0.852. The van der Waals surface area contributed by atoms with Gasteiger partial charge >= 0.3 is 0 Å². The van der Waals surface area contributed by atoms with Gasteiger partial charge in [-0.2, -0.15) is 8.78 Å². The van der Waals surface area contributed by atoms with E-state index in [-0.39, 0.29) is 11.9 Å². The number of thioether (sulfide) groups is 1. The van der Waals surface area contributed by atoms with Crippen molar-refractivity contribution < 1.29 is 18.3 Å². The lowest BCUT2D eigenvalue weighted by molar-refractivity contribution is 0.0709. The minimum Gasteiger partial charge on any atom is -0.374 e. The monoisotopic (exact) mass is 341 g/mol. The predicted octanol–water partition coefficient (Wildman–Crippen LogP) is 4.06. The zero-order chi connectivity index (χ0) is 15.5. The van der Waals surface area contributed by atoms with Gasteiger partial charge in [-0.05, 0) is 22.6 Å². The number of benzene rings is 1. The Labute approximate surface area is 134 Å². The molecule has 1 aliphatic heterocycles. The molecule has 1 N–H and O–H groups in total. The molecule has 1 aromatic carbocycles. The van der Waals surface area contributed by atoms with E-state index in [1.165, 1.54) is 0 Å². The minimum atomic E-state index is -2.54. The lowest BCUT2D eigenvalue weighted by Gasteiger charge is -2.26. The zero-order valence-electron chi connectivity index (χ0n) is 11.4. The van der Waals surface area contributed by atoms with Crippen LogP contribution in [0.2, 0.25) is 0 Å². The molecule has 3 rings (SSSR count). The summed E-state index contributed by atoms with van der Waals surface area (Å²) in [6.45, 7) is 0.902. The summed E-state index contributed by atoms with van der Waals surface area (Å²) in [5, 5.41) is 4.52. The van der Waals surface area contributed by atoms with Crippen LogP contribution in [0, 0.1) is 0 Å². The number of rotatable bonds is 4. The number of carbonyl (C=O) groups is 1. The SMILES string of the molecule is O=C(NC1COCc2ccccc21)c1sccc1SC(F)F. The summed E-state index contributed by atoms with van der Waals surface area (Å²) in [4.78, 5) is 13.0. The topological polar surface area (TPSA) is 38.3 Å². The molecule has 1 atom stereocenters. The van der Waals surface area contributed by atoms with Crippen molar-refractivity contribution in [3.63, 3.8) is 0 Å². The number of carbonyl (C=O) groups excluding carboxylic acids is 1. The fraction of sp³-hybridized carbons (Fsp3) is 0.267. The summed E-state index contributed by atoms with van der Waals surface area (Å²) >= 11 is 1.56. The second kappa shape index (κ2) is 6.76. The van der Waals surface area contributed by atoms with E-state index < -0.39 is 5.76 Å². The van der Waals surface area contributed by atoms with Gasteiger partial charge in [0.25, 0.3) is 11.7 Å². The zero-order valence-corrected chi connectivity index (χ0v) is 13.1. The molecule has 1 unspecified atom stereocenters. The van der Waals surface area contributed by atoms with Gasteiger partial charge in [0, 0.05) is 4.90 Å². The smallest absolute Gasteiger partial charge is 0.288 e. The lowest BCUT2D eigenvalue weighted by atomic mass is 9.99. The molecule has 7 heteroatoms. The van der Waals surface area contributed by atoms with Gasteiger partial charge < -0.3 is 10.1 Å². The van der Waals surface area contributed by atoms with E-state index >= 15 is 0 Å². The summed E-state index contributed by atoms with van der Waals surface area (Å²) < 4.78 is 30.5. The molecule has 22 heavy (non-hydrogen) atoms. The first-order chi connectivity index (χ1) is 10.6. The van der Waals surface area contributed by atoms with Gasteiger partial charge in [-0.25, -0.2) is 0 Å². The Balaban J connectivity index is 1.77. The highest BCUT2D eigenvalue weighted by Gasteiger charge is 2.24. The van der Waals surface area contributed by atoms with E-state index in [0.29, 0.717) is 34.7 Å². The van der Waals surface area contributed by atoms with Gasteiger partial charge in [0.05, 0.1) is 19.3 Å². The molecule has 1 aliphatic rings. The first-order valence-corrected chi connectivity index (χ1v) is 8.40. The number of amides is 1. The first kappa shape index (κ1) is 15.5. The molecule has 2 heterocycles. The molecule has 0 saturated carbocycles. The van der Waals surface area contributed by atoms with Crippen molar-refractivity contribution in [3.05, 3.63) is 51.7 Å². The van der Waals surface area contributed by atoms with Crippen LogP contribution >= 0.6 is 23.1 Å². The molecule has 2 aromatic rings. The Bertz CT molecular complexity index is 675. The van der Waals surface area contributed by atoms with Crippen molar-refractivity contribution >= 4 is 29.0 Å². The van der Waals surface area contributed by atoms with Gasteiger partial charge in [-0.1, -0.05) is 36.0 Å². The average Bonchev–Trinajstić information content (AvgIpc) is 2.95. The first-order valence-electron chi connectivity index (χ1n) is 6.64. The predicted molar refractivity (Wildman–Crippen MR) is 82.5 cm³/mol. The number of alkyl halides is 2. The fourth-order valence-corrected chi connectivity index (χ4v) is 3.98. The molecule has 1 amide bonds. The molecule has 1 aromatic heterocycles. The highest BCUT2D eigenvalue weighted by Crippen LogP contribution is 2.33. The third-order valence-corrected chi connectivity index (χ3v) is 5.14. The third kappa shape index (κ3) is 3.31. The third-order valence-electron chi connectivity index (χ3n) is 3.33. The number of hydrogen-bond acceptors (Lipinski definition) is 4. The van der Waals surface area contributed by atoms with E-state index in [2.05, 4.69) is 5.32 Å². The van der Waals surface area contributed by atoms with Crippen LogP contribution in [0.5, 0.6) is 0 Å². The van der Waals surface area contributed by atoms with E-state index in [1.807, 2.05) is 24.3 Å². The Morgan fingerprint density at radius 3 is 3.00 bits per heavy atom. The van der Waals surface area contributed by atoms with Crippen LogP contribution in [0.25, 0.3) is 0 Å². The molecule has 0 aliphatic carbocycles.